The van der Waals surface area contributed by atoms with Gasteiger partial charge in [-0.3, -0.25) is 4.79 Å². The summed E-state index contributed by atoms with van der Waals surface area (Å²) in [5, 5.41) is 3.40. The summed E-state index contributed by atoms with van der Waals surface area (Å²) in [6.07, 6.45) is 5.28. The lowest BCUT2D eigenvalue weighted by Crippen LogP contribution is -2.49. The van der Waals surface area contributed by atoms with Gasteiger partial charge in [0.25, 0.3) is 0 Å². The molecule has 1 amide bonds. The molecule has 2 atom stereocenters. The van der Waals surface area contributed by atoms with Crippen LogP contribution in [-0.4, -0.2) is 37.0 Å². The second-order valence-corrected chi connectivity index (χ2v) is 6.16. The standard InChI is InChI=1S/C17H24N2O/c1-19(16-7-4-10-18-12-16)17(20)15-9-8-13-5-2-3-6-14(13)11-15/h2-3,5-6,15-16,18H,4,7-12H2,1H3. The zero-order valence-corrected chi connectivity index (χ0v) is 12.3. The Balaban J connectivity index is 1.66. The van der Waals surface area contributed by atoms with Crippen LogP contribution in [-0.2, 0) is 17.6 Å². The molecule has 0 radical (unpaired) electrons. The number of hydrogen-bond donors (Lipinski definition) is 1. The molecule has 3 heteroatoms. The fourth-order valence-electron chi connectivity index (χ4n) is 3.54. The maximum atomic E-state index is 12.7. The van der Waals surface area contributed by atoms with E-state index < -0.39 is 0 Å². The Hall–Kier alpha value is -1.35. The van der Waals surface area contributed by atoms with E-state index in [1.54, 1.807) is 0 Å². The van der Waals surface area contributed by atoms with Gasteiger partial charge in [0.05, 0.1) is 0 Å². The van der Waals surface area contributed by atoms with Crippen LogP contribution in [0, 0.1) is 5.92 Å². The highest BCUT2D eigenvalue weighted by Gasteiger charge is 2.30. The normalized spacial score (nSPS) is 25.9. The Labute approximate surface area is 121 Å². The zero-order chi connectivity index (χ0) is 13.9. The number of nitrogens with zero attached hydrogens (tertiary/aromatic N) is 1. The first-order valence-electron chi connectivity index (χ1n) is 7.80. The fourth-order valence-corrected chi connectivity index (χ4v) is 3.54. The molecule has 3 rings (SSSR count). The predicted molar refractivity (Wildman–Crippen MR) is 80.6 cm³/mol. The van der Waals surface area contributed by atoms with Gasteiger partial charge < -0.3 is 10.2 Å². The minimum atomic E-state index is 0.178. The van der Waals surface area contributed by atoms with Crippen molar-refractivity contribution in [2.24, 2.45) is 5.92 Å². The minimum Gasteiger partial charge on any atom is -0.341 e. The maximum absolute atomic E-state index is 12.7. The molecule has 2 unspecified atom stereocenters. The van der Waals surface area contributed by atoms with Crippen molar-refractivity contribution in [2.75, 3.05) is 20.1 Å². The second kappa shape index (κ2) is 5.96. The first kappa shape index (κ1) is 13.6. The number of rotatable bonds is 2. The summed E-state index contributed by atoms with van der Waals surface area (Å²) in [5.74, 6) is 0.519. The van der Waals surface area contributed by atoms with Gasteiger partial charge >= 0.3 is 0 Å². The van der Waals surface area contributed by atoms with Gasteiger partial charge in [0.15, 0.2) is 0 Å². The highest BCUT2D eigenvalue weighted by molar-refractivity contribution is 5.79. The van der Waals surface area contributed by atoms with E-state index in [0.717, 1.165) is 38.8 Å². The summed E-state index contributed by atoms with van der Waals surface area (Å²) < 4.78 is 0. The molecule has 1 aliphatic heterocycles. The number of hydrogen-bond acceptors (Lipinski definition) is 2. The van der Waals surface area contributed by atoms with E-state index >= 15 is 0 Å². The fraction of sp³-hybridized carbons (Fsp3) is 0.588. The molecule has 0 bridgehead atoms. The number of piperidine rings is 1. The van der Waals surface area contributed by atoms with E-state index in [9.17, 15) is 4.79 Å². The van der Waals surface area contributed by atoms with Crippen LogP contribution in [0.3, 0.4) is 0 Å². The van der Waals surface area contributed by atoms with E-state index in [0.29, 0.717) is 11.9 Å². The third-order valence-corrected chi connectivity index (χ3v) is 4.86. The third kappa shape index (κ3) is 2.73. The summed E-state index contributed by atoms with van der Waals surface area (Å²) in [5.41, 5.74) is 2.80. The molecule has 20 heavy (non-hydrogen) atoms. The first-order valence-corrected chi connectivity index (χ1v) is 7.80. The lowest BCUT2D eigenvalue weighted by molar-refractivity contribution is -0.137. The molecule has 1 heterocycles. The number of carbonyl (C=O) groups excluding carboxylic acids is 1. The topological polar surface area (TPSA) is 32.3 Å². The van der Waals surface area contributed by atoms with Crippen LogP contribution in [0.2, 0.25) is 0 Å². The van der Waals surface area contributed by atoms with Crippen molar-refractivity contribution >= 4 is 5.91 Å². The highest BCUT2D eigenvalue weighted by atomic mass is 16.2. The summed E-state index contributed by atoms with van der Waals surface area (Å²) in [7, 11) is 1.99. The summed E-state index contributed by atoms with van der Waals surface area (Å²) in [6, 6.07) is 8.94. The van der Waals surface area contributed by atoms with Gasteiger partial charge in [0, 0.05) is 25.6 Å². The molecule has 0 spiro atoms. The van der Waals surface area contributed by atoms with Crippen LogP contribution >= 0.6 is 0 Å². The van der Waals surface area contributed by atoms with Crippen molar-refractivity contribution in [1.29, 1.82) is 0 Å². The van der Waals surface area contributed by atoms with Gasteiger partial charge in [0.1, 0.15) is 0 Å². The van der Waals surface area contributed by atoms with Crippen molar-refractivity contribution in [1.82, 2.24) is 10.2 Å². The number of likely N-dealkylation sites (N-methyl/N-ethyl adjacent to an activating group) is 1. The van der Waals surface area contributed by atoms with Crippen LogP contribution in [0.4, 0.5) is 0 Å². The van der Waals surface area contributed by atoms with Crippen molar-refractivity contribution in [3.8, 4) is 0 Å². The summed E-state index contributed by atoms with van der Waals surface area (Å²) >= 11 is 0. The average Bonchev–Trinajstić information content (AvgIpc) is 2.54. The molecule has 2 aliphatic rings. The van der Waals surface area contributed by atoms with Gasteiger partial charge in [-0.25, -0.2) is 0 Å². The molecule has 1 aromatic rings. The molecule has 0 aromatic heterocycles. The zero-order valence-electron chi connectivity index (χ0n) is 12.3. The van der Waals surface area contributed by atoms with Crippen LogP contribution in [0.15, 0.2) is 24.3 Å². The first-order chi connectivity index (χ1) is 9.75. The third-order valence-electron chi connectivity index (χ3n) is 4.86. The van der Waals surface area contributed by atoms with E-state index in [-0.39, 0.29) is 5.92 Å². The van der Waals surface area contributed by atoms with Gasteiger partial charge in [-0.2, -0.15) is 0 Å². The lowest BCUT2D eigenvalue weighted by Gasteiger charge is -2.35. The maximum Gasteiger partial charge on any atom is 0.226 e. The van der Waals surface area contributed by atoms with E-state index in [2.05, 4.69) is 29.6 Å². The lowest BCUT2D eigenvalue weighted by atomic mass is 9.83. The summed E-state index contributed by atoms with van der Waals surface area (Å²) in [6.45, 7) is 2.04. The van der Waals surface area contributed by atoms with Crippen molar-refractivity contribution in [3.63, 3.8) is 0 Å². The quantitative estimate of drug-likeness (QED) is 0.893. The molecule has 0 saturated carbocycles. The number of aryl methyl sites for hydroxylation is 1. The molecule has 1 aromatic carbocycles. The molecule has 1 aliphatic carbocycles. The van der Waals surface area contributed by atoms with Gasteiger partial charge in [0.2, 0.25) is 5.91 Å². The average molecular weight is 272 g/mol. The van der Waals surface area contributed by atoms with E-state index in [4.69, 9.17) is 0 Å². The molecular formula is C17H24N2O. The highest BCUT2D eigenvalue weighted by Crippen LogP contribution is 2.27. The summed E-state index contributed by atoms with van der Waals surface area (Å²) in [4.78, 5) is 14.7. The van der Waals surface area contributed by atoms with Crippen LogP contribution in [0.25, 0.3) is 0 Å². The smallest absolute Gasteiger partial charge is 0.226 e. The van der Waals surface area contributed by atoms with E-state index in [1.807, 2.05) is 11.9 Å². The number of fused-ring (bicyclic) bond motifs is 1. The van der Waals surface area contributed by atoms with Gasteiger partial charge in [-0.05, 0) is 49.8 Å². The van der Waals surface area contributed by atoms with Crippen LogP contribution in [0.1, 0.15) is 30.4 Å². The molecule has 1 fully saturated rings. The minimum absolute atomic E-state index is 0.178. The van der Waals surface area contributed by atoms with E-state index in [1.165, 1.54) is 17.5 Å². The van der Waals surface area contributed by atoms with Crippen molar-refractivity contribution in [3.05, 3.63) is 35.4 Å². The molecular weight excluding hydrogens is 248 g/mol. The molecule has 3 nitrogen and oxygen atoms in total. The van der Waals surface area contributed by atoms with Gasteiger partial charge in [-0.15, -0.1) is 0 Å². The Morgan fingerprint density at radius 2 is 2.05 bits per heavy atom. The second-order valence-electron chi connectivity index (χ2n) is 6.16. The Kier molecular flexibility index (Phi) is 4.06. The van der Waals surface area contributed by atoms with Crippen LogP contribution in [0.5, 0.6) is 0 Å². The number of amides is 1. The SMILES string of the molecule is CN(C(=O)C1CCc2ccccc2C1)C1CCCNC1. The Morgan fingerprint density at radius 1 is 1.25 bits per heavy atom. The number of carbonyl (C=O) groups is 1. The molecule has 1 N–H and O–H groups in total. The largest absolute Gasteiger partial charge is 0.341 e. The monoisotopic (exact) mass is 272 g/mol. The molecule has 1 saturated heterocycles. The Bertz CT molecular complexity index is 480. The predicted octanol–water partition coefficient (Wildman–Crippen LogP) is 2.00. The Morgan fingerprint density at radius 3 is 2.80 bits per heavy atom. The number of nitrogens with one attached hydrogen (secondary N) is 1. The molecule has 108 valence electrons. The van der Waals surface area contributed by atoms with Crippen molar-refractivity contribution in [2.45, 2.75) is 38.1 Å². The van der Waals surface area contributed by atoms with Gasteiger partial charge in [-0.1, -0.05) is 24.3 Å². The van der Waals surface area contributed by atoms with Crippen molar-refractivity contribution < 1.29 is 4.79 Å². The number of benzene rings is 1. The van der Waals surface area contributed by atoms with Crippen LogP contribution < -0.4 is 5.32 Å².